The average Bonchev–Trinajstić information content (AvgIpc) is 3.54. The van der Waals surface area contributed by atoms with Gasteiger partial charge in [0.25, 0.3) is 0 Å². The third-order valence-electron chi connectivity index (χ3n) is 9.97. The molecule has 0 aromatic carbocycles. The van der Waals surface area contributed by atoms with Crippen molar-refractivity contribution in [3.05, 3.63) is 55.7 Å². The Kier molecular flexibility index (Phi) is 16.0. The van der Waals surface area contributed by atoms with Gasteiger partial charge in [-0.25, -0.2) is 0 Å². The Morgan fingerprint density at radius 1 is 0.564 bits per heavy atom. The van der Waals surface area contributed by atoms with Gasteiger partial charge in [-0.15, -0.1) is 0 Å². The molecule has 6 radical (unpaired) electrons. The second-order valence-electron chi connectivity index (χ2n) is 18.0. The molecule has 3 aliphatic heterocycles. The van der Waals surface area contributed by atoms with Crippen molar-refractivity contribution in [1.82, 2.24) is 24.9 Å². The van der Waals surface area contributed by atoms with Gasteiger partial charge in [-0.2, -0.15) is 0 Å². The van der Waals surface area contributed by atoms with E-state index in [2.05, 4.69) is 5.32 Å². The summed E-state index contributed by atoms with van der Waals surface area (Å²) in [4.78, 5) is 84.5. The van der Waals surface area contributed by atoms with E-state index in [9.17, 15) is 28.8 Å². The molecule has 11 nitrogen and oxygen atoms in total. The molecular weight excluding hydrogens is 695 g/mol. The van der Waals surface area contributed by atoms with E-state index in [0.29, 0.717) is 52.0 Å². The Morgan fingerprint density at radius 2 is 0.873 bits per heavy atom. The van der Waals surface area contributed by atoms with Crippen LogP contribution in [0.25, 0.3) is 0 Å². The lowest BCUT2D eigenvalue weighted by Crippen LogP contribution is -2.45. The molecule has 3 heterocycles. The summed E-state index contributed by atoms with van der Waals surface area (Å²) in [5.41, 5.74) is 1.33. The third kappa shape index (κ3) is 14.9. The molecule has 11 heteroatoms. The van der Waals surface area contributed by atoms with Gasteiger partial charge in [0, 0.05) is 71.6 Å². The molecule has 3 saturated heterocycles. The van der Waals surface area contributed by atoms with Crippen LogP contribution in [0.2, 0.25) is 0 Å². The summed E-state index contributed by atoms with van der Waals surface area (Å²) in [6.45, 7) is 38.0. The van der Waals surface area contributed by atoms with Crippen molar-refractivity contribution in [2.24, 2.45) is 34.0 Å². The van der Waals surface area contributed by atoms with Crippen molar-refractivity contribution in [1.29, 1.82) is 0 Å². The van der Waals surface area contributed by atoms with Gasteiger partial charge in [-0.3, -0.25) is 48.4 Å². The molecule has 55 heavy (non-hydrogen) atoms. The van der Waals surface area contributed by atoms with Crippen LogP contribution in [0.1, 0.15) is 101 Å². The maximum atomic E-state index is 13.4. The highest BCUT2D eigenvalue weighted by atomic mass is 16.2. The first-order chi connectivity index (χ1) is 25.3. The number of amides is 6. The van der Waals surface area contributed by atoms with Gasteiger partial charge in [-0.05, 0) is 77.0 Å². The van der Waals surface area contributed by atoms with Crippen molar-refractivity contribution < 1.29 is 28.8 Å². The van der Waals surface area contributed by atoms with Gasteiger partial charge in [0.15, 0.2) is 0 Å². The van der Waals surface area contributed by atoms with Crippen LogP contribution in [0.4, 0.5) is 0 Å². The minimum absolute atomic E-state index is 0.138. The number of likely N-dealkylation sites (tertiary alicyclic amines) is 3. The minimum atomic E-state index is -0.528. The Labute approximate surface area is 331 Å². The molecule has 3 unspecified atom stereocenters. The van der Waals surface area contributed by atoms with Crippen LogP contribution >= 0.6 is 0 Å². The molecule has 0 saturated carbocycles. The minimum Gasteiger partial charge on any atom is -0.314 e. The Hall–Kier alpha value is -3.44. The van der Waals surface area contributed by atoms with Gasteiger partial charge < -0.3 is 5.32 Å². The number of imide groups is 3. The Morgan fingerprint density at radius 3 is 1.18 bits per heavy atom. The fourth-order valence-electron chi connectivity index (χ4n) is 8.06. The predicted molar refractivity (Wildman–Crippen MR) is 213 cm³/mol. The van der Waals surface area contributed by atoms with Crippen LogP contribution in [0.5, 0.6) is 0 Å². The zero-order chi connectivity index (χ0) is 41.5. The summed E-state index contributed by atoms with van der Waals surface area (Å²) in [5.74, 6) is -2.51. The summed E-state index contributed by atoms with van der Waals surface area (Å²) >= 11 is 0. The van der Waals surface area contributed by atoms with E-state index in [4.69, 9.17) is 20.8 Å². The fourth-order valence-corrected chi connectivity index (χ4v) is 8.06. The molecule has 1 N–H and O–H groups in total. The monoisotopic (exact) mass is 759 g/mol. The molecule has 0 aromatic rings. The molecule has 3 fully saturated rings. The molecular formula is C44H65N5O6. The maximum Gasteiger partial charge on any atom is 0.233 e. The first-order valence-corrected chi connectivity index (χ1v) is 19.7. The van der Waals surface area contributed by atoms with Crippen LogP contribution in [-0.2, 0) is 28.8 Å². The molecule has 3 aliphatic rings. The van der Waals surface area contributed by atoms with E-state index < -0.39 is 34.0 Å². The summed E-state index contributed by atoms with van der Waals surface area (Å²) in [7, 11) is 0. The zero-order valence-electron chi connectivity index (χ0n) is 34.8. The van der Waals surface area contributed by atoms with Crippen molar-refractivity contribution in [3.63, 3.8) is 0 Å². The SMILES string of the molecule is [CH]C(C)(C)/C=C(\C)CC1CC(=O)N(CCNCCN(CCN2C(=O)CC(C/C(C)=C/C([CH])(C)C)C2=O)CCN2C(=O)CC(C/C(C)=C/C([CH])(C)C)C2=O)C1=O. The quantitative estimate of drug-likeness (QED) is 0.0959. The number of nitrogens with zero attached hydrogens (tertiary/aromatic N) is 4. The standard InChI is InChI=1S/C44H65N5O6/c1-30(27-42(4,5)6)21-33-24-36(50)47(39(33)53)16-14-45-13-15-46(17-19-48-37(51)25-34(40(48)54)22-31(2)28-43(7,8)9)18-20-49-38(52)26-35(41(49)55)23-32(3)29-44(10,11)12/h4,7,10,27-29,33-35,45H,13-26H2,1-3,5-6,8-9,11-12H3/b30-27+,31-28+,32-29+. The van der Waals surface area contributed by atoms with Crippen LogP contribution < -0.4 is 5.32 Å². The number of carbonyl (C=O) groups is 6. The lowest BCUT2D eigenvalue weighted by atomic mass is 9.90. The molecule has 0 bridgehead atoms. The van der Waals surface area contributed by atoms with E-state index in [1.807, 2.05) is 85.4 Å². The highest BCUT2D eigenvalue weighted by molar-refractivity contribution is 6.04. The van der Waals surface area contributed by atoms with Crippen molar-refractivity contribution in [2.45, 2.75) is 101 Å². The highest BCUT2D eigenvalue weighted by Crippen LogP contribution is 2.31. The highest BCUT2D eigenvalue weighted by Gasteiger charge is 2.41. The molecule has 302 valence electrons. The molecule has 3 atom stereocenters. The summed E-state index contributed by atoms with van der Waals surface area (Å²) in [6.07, 6.45) is 7.61. The largest absolute Gasteiger partial charge is 0.314 e. The Bertz CT molecular complexity index is 1460. The number of rotatable bonds is 21. The van der Waals surface area contributed by atoms with Crippen LogP contribution in [0, 0.1) is 54.8 Å². The predicted octanol–water partition coefficient (Wildman–Crippen LogP) is 5.22. The van der Waals surface area contributed by atoms with Crippen LogP contribution in [0.3, 0.4) is 0 Å². The van der Waals surface area contributed by atoms with Gasteiger partial charge in [0.2, 0.25) is 35.4 Å². The normalized spacial score (nSPS) is 22.5. The summed E-state index contributed by atoms with van der Waals surface area (Å²) in [5, 5.41) is 3.31. The number of nitrogens with one attached hydrogen (secondary N) is 1. The van der Waals surface area contributed by atoms with Crippen molar-refractivity contribution in [2.75, 3.05) is 52.4 Å². The zero-order valence-corrected chi connectivity index (χ0v) is 34.8. The molecule has 3 rings (SSSR count). The van der Waals surface area contributed by atoms with Gasteiger partial charge in [0.05, 0.1) is 17.8 Å². The van der Waals surface area contributed by atoms with E-state index in [1.165, 1.54) is 14.7 Å². The topological polar surface area (TPSA) is 127 Å². The lowest BCUT2D eigenvalue weighted by molar-refractivity contribution is -0.141. The number of hydrogen-bond donors (Lipinski definition) is 1. The molecule has 0 aliphatic carbocycles. The van der Waals surface area contributed by atoms with E-state index >= 15 is 0 Å². The molecule has 0 spiro atoms. The second kappa shape index (κ2) is 19.1. The van der Waals surface area contributed by atoms with E-state index in [0.717, 1.165) is 16.7 Å². The third-order valence-corrected chi connectivity index (χ3v) is 9.97. The van der Waals surface area contributed by atoms with Crippen LogP contribution in [-0.4, -0.2) is 107 Å². The smallest absolute Gasteiger partial charge is 0.233 e. The lowest BCUT2D eigenvalue weighted by Gasteiger charge is -2.27. The first kappa shape index (κ1) is 45.9. The Balaban J connectivity index is 1.61. The number of hydrogen-bond acceptors (Lipinski definition) is 8. The van der Waals surface area contributed by atoms with Gasteiger partial charge in [0.1, 0.15) is 0 Å². The summed E-state index contributed by atoms with van der Waals surface area (Å²) < 4.78 is 0. The van der Waals surface area contributed by atoms with E-state index in [-0.39, 0.29) is 74.3 Å². The van der Waals surface area contributed by atoms with Crippen molar-refractivity contribution in [3.8, 4) is 0 Å². The second-order valence-corrected chi connectivity index (χ2v) is 18.0. The van der Waals surface area contributed by atoms with Gasteiger partial charge in [-0.1, -0.05) is 76.5 Å². The summed E-state index contributed by atoms with van der Waals surface area (Å²) in [6, 6.07) is 0. The van der Waals surface area contributed by atoms with Crippen LogP contribution in [0.15, 0.2) is 34.9 Å². The first-order valence-electron chi connectivity index (χ1n) is 19.7. The average molecular weight is 760 g/mol. The number of carbonyl (C=O) groups excluding carboxylic acids is 6. The number of allylic oxidation sites excluding steroid dienone is 6. The fraction of sp³-hybridized carbons (Fsp3) is 0.659. The van der Waals surface area contributed by atoms with Crippen molar-refractivity contribution >= 4 is 35.4 Å². The van der Waals surface area contributed by atoms with E-state index in [1.54, 1.807) is 0 Å². The van der Waals surface area contributed by atoms with Gasteiger partial charge >= 0.3 is 0 Å². The molecule has 0 aromatic heterocycles. The maximum absolute atomic E-state index is 13.4. The molecule has 6 amide bonds.